The Bertz CT molecular complexity index is 580. The normalized spacial score (nSPS) is 11.5. The van der Waals surface area contributed by atoms with Gasteiger partial charge in [-0.3, -0.25) is 10.1 Å². The number of nitro benzene ring substituents is 1. The van der Waals surface area contributed by atoms with Crippen molar-refractivity contribution in [3.8, 4) is 11.5 Å². The highest BCUT2D eigenvalue weighted by Gasteiger charge is 2.36. The van der Waals surface area contributed by atoms with E-state index in [1.54, 1.807) is 0 Å². The maximum atomic E-state index is 12.8. The molecule has 18 heavy (non-hydrogen) atoms. The standard InChI is InChI=1S/C9H4F3N3O3/c10-9(11,12)7-3-5(15(16)17)1-2-6(7)8-14-13-4-18-8/h1-4H. The number of non-ortho nitro benzene ring substituents is 1. The molecule has 1 aromatic heterocycles. The van der Waals surface area contributed by atoms with Gasteiger partial charge in [-0.25, -0.2) is 0 Å². The van der Waals surface area contributed by atoms with Crippen LogP contribution in [0.15, 0.2) is 29.0 Å². The molecule has 0 aliphatic carbocycles. The van der Waals surface area contributed by atoms with Crippen LogP contribution in [0, 0.1) is 10.1 Å². The number of nitrogens with zero attached hydrogens (tertiary/aromatic N) is 3. The molecule has 0 amide bonds. The lowest BCUT2D eigenvalue weighted by atomic mass is 10.1. The van der Waals surface area contributed by atoms with E-state index in [0.717, 1.165) is 18.5 Å². The molecule has 0 saturated carbocycles. The van der Waals surface area contributed by atoms with E-state index in [0.29, 0.717) is 6.07 Å². The van der Waals surface area contributed by atoms with Crippen molar-refractivity contribution in [1.29, 1.82) is 0 Å². The molecule has 0 spiro atoms. The highest BCUT2D eigenvalue weighted by Crippen LogP contribution is 2.38. The van der Waals surface area contributed by atoms with Gasteiger partial charge in [-0.05, 0) is 6.07 Å². The quantitative estimate of drug-likeness (QED) is 0.611. The van der Waals surface area contributed by atoms with Crippen molar-refractivity contribution in [3.63, 3.8) is 0 Å². The third-order valence-electron chi connectivity index (χ3n) is 2.11. The minimum atomic E-state index is -4.75. The zero-order valence-corrected chi connectivity index (χ0v) is 8.51. The SMILES string of the molecule is O=[N+]([O-])c1ccc(-c2nnco2)c(C(F)(F)F)c1. The van der Waals surface area contributed by atoms with Gasteiger partial charge in [0, 0.05) is 12.1 Å². The van der Waals surface area contributed by atoms with Crippen LogP contribution < -0.4 is 0 Å². The number of alkyl halides is 3. The molecule has 0 N–H and O–H groups in total. The maximum absolute atomic E-state index is 12.8. The highest BCUT2D eigenvalue weighted by atomic mass is 19.4. The summed E-state index contributed by atoms with van der Waals surface area (Å²) in [6.45, 7) is 0. The van der Waals surface area contributed by atoms with E-state index < -0.39 is 27.9 Å². The van der Waals surface area contributed by atoms with Crippen molar-refractivity contribution in [1.82, 2.24) is 10.2 Å². The fourth-order valence-electron chi connectivity index (χ4n) is 1.36. The molecule has 0 aliphatic rings. The molecule has 9 heteroatoms. The molecule has 1 aromatic carbocycles. The van der Waals surface area contributed by atoms with E-state index in [-0.39, 0.29) is 5.89 Å². The van der Waals surface area contributed by atoms with Crippen molar-refractivity contribution in [2.45, 2.75) is 6.18 Å². The van der Waals surface area contributed by atoms with Crippen molar-refractivity contribution in [2.75, 3.05) is 0 Å². The molecule has 94 valence electrons. The predicted molar refractivity (Wildman–Crippen MR) is 51.4 cm³/mol. The van der Waals surface area contributed by atoms with E-state index in [1.807, 2.05) is 0 Å². The van der Waals surface area contributed by atoms with Gasteiger partial charge in [0.2, 0.25) is 12.3 Å². The van der Waals surface area contributed by atoms with Crippen molar-refractivity contribution >= 4 is 5.69 Å². The van der Waals surface area contributed by atoms with Crippen LogP contribution >= 0.6 is 0 Å². The minimum Gasteiger partial charge on any atom is -0.423 e. The van der Waals surface area contributed by atoms with Crippen LogP contribution in [0.5, 0.6) is 0 Å². The van der Waals surface area contributed by atoms with Gasteiger partial charge in [0.1, 0.15) is 0 Å². The zero-order chi connectivity index (χ0) is 13.3. The monoisotopic (exact) mass is 259 g/mol. The molecule has 6 nitrogen and oxygen atoms in total. The molecule has 0 saturated heterocycles. The summed E-state index contributed by atoms with van der Waals surface area (Å²) >= 11 is 0. The highest BCUT2D eigenvalue weighted by molar-refractivity contribution is 5.62. The fourth-order valence-corrected chi connectivity index (χ4v) is 1.36. The number of nitro groups is 1. The van der Waals surface area contributed by atoms with E-state index >= 15 is 0 Å². The van der Waals surface area contributed by atoms with Crippen LogP contribution in [0.1, 0.15) is 5.56 Å². The van der Waals surface area contributed by atoms with Crippen LogP contribution in [-0.4, -0.2) is 15.1 Å². The van der Waals surface area contributed by atoms with Crippen LogP contribution in [0.4, 0.5) is 18.9 Å². The lowest BCUT2D eigenvalue weighted by Crippen LogP contribution is -2.08. The first kappa shape index (κ1) is 12.0. The second-order valence-electron chi connectivity index (χ2n) is 3.23. The number of benzene rings is 1. The zero-order valence-electron chi connectivity index (χ0n) is 8.51. The molecule has 1 heterocycles. The van der Waals surface area contributed by atoms with Gasteiger partial charge in [0.05, 0.1) is 16.1 Å². The predicted octanol–water partition coefficient (Wildman–Crippen LogP) is 2.66. The van der Waals surface area contributed by atoms with Gasteiger partial charge < -0.3 is 4.42 Å². The van der Waals surface area contributed by atoms with E-state index in [4.69, 9.17) is 0 Å². The van der Waals surface area contributed by atoms with E-state index in [9.17, 15) is 23.3 Å². The topological polar surface area (TPSA) is 82.1 Å². The van der Waals surface area contributed by atoms with Crippen molar-refractivity contribution in [3.05, 3.63) is 40.3 Å². The molecule has 0 bridgehead atoms. The Balaban J connectivity index is 2.64. The number of aromatic nitrogens is 2. The first-order chi connectivity index (χ1) is 8.39. The number of rotatable bonds is 2. The smallest absolute Gasteiger partial charge is 0.417 e. The van der Waals surface area contributed by atoms with Crippen molar-refractivity contribution in [2.24, 2.45) is 0 Å². The third-order valence-corrected chi connectivity index (χ3v) is 2.11. The third kappa shape index (κ3) is 2.14. The fraction of sp³-hybridized carbons (Fsp3) is 0.111. The van der Waals surface area contributed by atoms with Crippen LogP contribution in [0.3, 0.4) is 0 Å². The van der Waals surface area contributed by atoms with Gasteiger partial charge in [0.25, 0.3) is 5.69 Å². The molecular weight excluding hydrogens is 255 g/mol. The number of halogens is 3. The second kappa shape index (κ2) is 4.09. The Hall–Kier alpha value is -2.45. The van der Waals surface area contributed by atoms with E-state index in [1.165, 1.54) is 0 Å². The molecule has 0 radical (unpaired) electrons. The first-order valence-electron chi connectivity index (χ1n) is 4.52. The van der Waals surface area contributed by atoms with Crippen molar-refractivity contribution < 1.29 is 22.5 Å². The maximum Gasteiger partial charge on any atom is 0.417 e. The summed E-state index contributed by atoms with van der Waals surface area (Å²) in [5.74, 6) is -0.350. The van der Waals surface area contributed by atoms with Crippen LogP contribution in [0.2, 0.25) is 0 Å². The summed E-state index contributed by atoms with van der Waals surface area (Å²) < 4.78 is 43.0. The summed E-state index contributed by atoms with van der Waals surface area (Å²) in [6, 6.07) is 2.29. The molecule has 0 atom stereocenters. The average molecular weight is 259 g/mol. The van der Waals surface area contributed by atoms with Gasteiger partial charge in [-0.15, -0.1) is 10.2 Å². The van der Waals surface area contributed by atoms with Crippen LogP contribution in [0.25, 0.3) is 11.5 Å². The molecule has 0 fully saturated rings. The molecule has 2 aromatic rings. The largest absolute Gasteiger partial charge is 0.423 e. The van der Waals surface area contributed by atoms with E-state index in [2.05, 4.69) is 14.6 Å². The number of hydrogen-bond acceptors (Lipinski definition) is 5. The summed E-state index contributed by atoms with van der Waals surface area (Å²) in [5, 5.41) is 17.1. The molecular formula is C9H4F3N3O3. The minimum absolute atomic E-state index is 0.350. The first-order valence-corrected chi connectivity index (χ1v) is 4.52. The molecule has 2 rings (SSSR count). The average Bonchev–Trinajstić information content (AvgIpc) is 2.80. The van der Waals surface area contributed by atoms with Crippen LogP contribution in [-0.2, 0) is 6.18 Å². The Morgan fingerprint density at radius 3 is 2.56 bits per heavy atom. The van der Waals surface area contributed by atoms with Gasteiger partial charge in [0.15, 0.2) is 0 Å². The lowest BCUT2D eigenvalue weighted by Gasteiger charge is -2.09. The Morgan fingerprint density at radius 2 is 2.06 bits per heavy atom. The Kier molecular flexibility index (Phi) is 2.73. The van der Waals surface area contributed by atoms with Gasteiger partial charge in [-0.1, -0.05) is 0 Å². The van der Waals surface area contributed by atoms with Gasteiger partial charge in [-0.2, -0.15) is 13.2 Å². The lowest BCUT2D eigenvalue weighted by molar-refractivity contribution is -0.385. The summed E-state index contributed by atoms with van der Waals surface area (Å²) in [5.41, 5.74) is -2.25. The van der Waals surface area contributed by atoms with Gasteiger partial charge >= 0.3 is 6.18 Å². The summed E-state index contributed by atoms with van der Waals surface area (Å²) in [6.07, 6.45) is -3.88. The second-order valence-corrected chi connectivity index (χ2v) is 3.23. The Morgan fingerprint density at radius 1 is 1.33 bits per heavy atom. The summed E-state index contributed by atoms with van der Waals surface area (Å²) in [7, 11) is 0. The summed E-state index contributed by atoms with van der Waals surface area (Å²) in [4.78, 5) is 9.55. The molecule has 0 aliphatic heterocycles. The Labute approximate surface area is 97.2 Å². The molecule has 0 unspecified atom stereocenters. The number of hydrogen-bond donors (Lipinski definition) is 0.